The number of nitrogens with zero attached hydrogens (tertiary/aromatic N) is 2. The van der Waals surface area contributed by atoms with Gasteiger partial charge in [-0.05, 0) is 37.5 Å². The zero-order chi connectivity index (χ0) is 19.1. The number of benzene rings is 2. The van der Waals surface area contributed by atoms with Crippen molar-refractivity contribution in [3.05, 3.63) is 65.4 Å². The lowest BCUT2D eigenvalue weighted by Crippen LogP contribution is -2.16. The number of fused-ring (bicyclic) bond motifs is 1. The number of nitrogens with one attached hydrogen (secondary N) is 1. The molecule has 140 valence electrons. The molecular weight excluding hydrogens is 338 g/mol. The van der Waals surface area contributed by atoms with Crippen LogP contribution in [0.15, 0.2) is 48.5 Å². The molecule has 1 N–H and O–H groups in total. The number of rotatable bonds is 8. The summed E-state index contributed by atoms with van der Waals surface area (Å²) >= 11 is 0. The summed E-state index contributed by atoms with van der Waals surface area (Å²) in [5.74, 6) is 0.0434. The summed E-state index contributed by atoms with van der Waals surface area (Å²) in [6.45, 7) is 5.18. The molecule has 0 aliphatic carbocycles. The number of hydrogen-bond acceptors (Lipinski definition) is 5. The van der Waals surface area contributed by atoms with E-state index < -0.39 is 5.97 Å². The van der Waals surface area contributed by atoms with Gasteiger partial charge in [0, 0.05) is 6.54 Å². The summed E-state index contributed by atoms with van der Waals surface area (Å²) in [4.78, 5) is 21.6. The van der Waals surface area contributed by atoms with Gasteiger partial charge in [0.2, 0.25) is 0 Å². The van der Waals surface area contributed by atoms with Crippen molar-refractivity contribution in [2.45, 2.75) is 33.1 Å². The van der Waals surface area contributed by atoms with E-state index in [1.807, 2.05) is 24.3 Å². The summed E-state index contributed by atoms with van der Waals surface area (Å²) < 4.78 is 5.35. The predicted octanol–water partition coefficient (Wildman–Crippen LogP) is 4.55. The normalized spacial score (nSPS) is 10.7. The van der Waals surface area contributed by atoms with Crippen LogP contribution >= 0.6 is 0 Å². The first kappa shape index (κ1) is 18.8. The highest BCUT2D eigenvalue weighted by Crippen LogP contribution is 2.18. The second kappa shape index (κ2) is 9.12. The Morgan fingerprint density at radius 1 is 1.04 bits per heavy atom. The third-order valence-corrected chi connectivity index (χ3v) is 4.32. The van der Waals surface area contributed by atoms with Gasteiger partial charge in [0.1, 0.15) is 0 Å². The molecule has 0 spiro atoms. The molecule has 0 aliphatic rings. The third-order valence-electron chi connectivity index (χ3n) is 4.32. The lowest BCUT2D eigenvalue weighted by atomic mass is 10.1. The lowest BCUT2D eigenvalue weighted by molar-refractivity contribution is 0.0494. The van der Waals surface area contributed by atoms with Crippen LogP contribution in [0.3, 0.4) is 0 Å². The van der Waals surface area contributed by atoms with Crippen molar-refractivity contribution < 1.29 is 9.53 Å². The maximum atomic E-state index is 12.5. The monoisotopic (exact) mass is 363 g/mol. The summed E-state index contributed by atoms with van der Waals surface area (Å²) in [5, 5.41) is 3.27. The Morgan fingerprint density at radius 2 is 1.74 bits per heavy atom. The number of carbonyl (C=O) groups is 1. The molecular formula is C22H25N3O2. The van der Waals surface area contributed by atoms with Gasteiger partial charge in [-0.3, -0.25) is 0 Å². The number of ether oxygens (including phenoxy) is 1. The number of para-hydroxylation sites is 2. The Bertz CT molecular complexity index is 907. The zero-order valence-electron chi connectivity index (χ0n) is 15.9. The molecule has 0 unspecified atom stereocenters. The maximum Gasteiger partial charge on any atom is 0.360 e. The van der Waals surface area contributed by atoms with Crippen LogP contribution in [-0.4, -0.2) is 29.1 Å². The SMILES string of the molecule is CCCCOC(=O)c1nc2ccccc2nc1NCCc1ccc(C)cc1. The van der Waals surface area contributed by atoms with Gasteiger partial charge in [0.05, 0.1) is 17.6 Å². The van der Waals surface area contributed by atoms with Crippen LogP contribution < -0.4 is 5.32 Å². The number of aryl methyl sites for hydroxylation is 1. The van der Waals surface area contributed by atoms with Crippen LogP contribution in [0.25, 0.3) is 11.0 Å². The highest BCUT2D eigenvalue weighted by Gasteiger charge is 2.17. The molecule has 2 aromatic carbocycles. The fraction of sp³-hybridized carbons (Fsp3) is 0.318. The van der Waals surface area contributed by atoms with Gasteiger partial charge < -0.3 is 10.1 Å². The van der Waals surface area contributed by atoms with Gasteiger partial charge in [0.25, 0.3) is 0 Å². The quantitative estimate of drug-likeness (QED) is 0.470. The van der Waals surface area contributed by atoms with Crippen molar-refractivity contribution >= 4 is 22.8 Å². The Kier molecular flexibility index (Phi) is 6.36. The molecule has 3 aromatic rings. The van der Waals surface area contributed by atoms with Gasteiger partial charge in [-0.15, -0.1) is 0 Å². The van der Waals surface area contributed by atoms with Gasteiger partial charge in [-0.2, -0.15) is 0 Å². The van der Waals surface area contributed by atoms with E-state index in [4.69, 9.17) is 4.74 Å². The van der Waals surface area contributed by atoms with Crippen molar-refractivity contribution in [3.8, 4) is 0 Å². The molecule has 5 heteroatoms. The first-order valence-corrected chi connectivity index (χ1v) is 9.40. The minimum absolute atomic E-state index is 0.244. The maximum absolute atomic E-state index is 12.5. The van der Waals surface area contributed by atoms with Crippen LogP contribution in [0.4, 0.5) is 5.82 Å². The third kappa shape index (κ3) is 5.03. The molecule has 27 heavy (non-hydrogen) atoms. The van der Waals surface area contributed by atoms with E-state index in [-0.39, 0.29) is 5.69 Å². The van der Waals surface area contributed by atoms with Gasteiger partial charge in [-0.1, -0.05) is 55.3 Å². The number of aromatic nitrogens is 2. The lowest BCUT2D eigenvalue weighted by Gasteiger charge is -2.12. The minimum atomic E-state index is -0.431. The van der Waals surface area contributed by atoms with E-state index in [0.717, 1.165) is 24.8 Å². The molecule has 0 atom stereocenters. The highest BCUT2D eigenvalue weighted by molar-refractivity contribution is 5.95. The molecule has 0 bridgehead atoms. The zero-order valence-corrected chi connectivity index (χ0v) is 15.9. The minimum Gasteiger partial charge on any atom is -0.461 e. The van der Waals surface area contributed by atoms with Crippen LogP contribution in [-0.2, 0) is 11.2 Å². The standard InChI is InChI=1S/C22H25N3O2/c1-3-4-15-27-22(26)20-21(25-19-8-6-5-7-18(19)24-20)23-14-13-17-11-9-16(2)10-12-17/h5-12H,3-4,13-15H2,1-2H3,(H,23,25). The van der Waals surface area contributed by atoms with Crippen molar-refractivity contribution in [2.24, 2.45) is 0 Å². The van der Waals surface area contributed by atoms with Crippen molar-refractivity contribution in [1.29, 1.82) is 0 Å². The molecule has 0 amide bonds. The second-order valence-corrected chi connectivity index (χ2v) is 6.56. The molecule has 0 aliphatic heterocycles. The fourth-order valence-corrected chi connectivity index (χ4v) is 2.72. The Labute approximate surface area is 159 Å². The first-order chi connectivity index (χ1) is 13.2. The van der Waals surface area contributed by atoms with E-state index in [9.17, 15) is 4.79 Å². The van der Waals surface area contributed by atoms with Crippen LogP contribution in [0.1, 0.15) is 41.4 Å². The molecule has 5 nitrogen and oxygen atoms in total. The summed E-state index contributed by atoms with van der Waals surface area (Å²) in [5.41, 5.74) is 4.15. The molecule has 0 saturated carbocycles. The predicted molar refractivity (Wildman–Crippen MR) is 108 cm³/mol. The van der Waals surface area contributed by atoms with Crippen molar-refractivity contribution in [3.63, 3.8) is 0 Å². The van der Waals surface area contributed by atoms with Gasteiger partial charge >= 0.3 is 5.97 Å². The first-order valence-electron chi connectivity index (χ1n) is 9.40. The fourth-order valence-electron chi connectivity index (χ4n) is 2.72. The smallest absolute Gasteiger partial charge is 0.360 e. The number of hydrogen-bond donors (Lipinski definition) is 1. The molecule has 1 heterocycles. The van der Waals surface area contributed by atoms with Crippen molar-refractivity contribution in [1.82, 2.24) is 9.97 Å². The number of esters is 1. The van der Waals surface area contributed by atoms with E-state index in [1.165, 1.54) is 11.1 Å². The average molecular weight is 363 g/mol. The van der Waals surface area contributed by atoms with Gasteiger partial charge in [-0.25, -0.2) is 14.8 Å². The summed E-state index contributed by atoms with van der Waals surface area (Å²) in [6, 6.07) is 16.0. The number of anilines is 1. The van der Waals surface area contributed by atoms with E-state index in [0.29, 0.717) is 24.5 Å². The topological polar surface area (TPSA) is 64.1 Å². The summed E-state index contributed by atoms with van der Waals surface area (Å²) in [6.07, 6.45) is 2.64. The Morgan fingerprint density at radius 3 is 2.44 bits per heavy atom. The van der Waals surface area contributed by atoms with E-state index in [1.54, 1.807) is 0 Å². The highest BCUT2D eigenvalue weighted by atomic mass is 16.5. The molecule has 0 fully saturated rings. The largest absolute Gasteiger partial charge is 0.461 e. The van der Waals surface area contributed by atoms with Crippen LogP contribution in [0.5, 0.6) is 0 Å². The number of carbonyl (C=O) groups excluding carboxylic acids is 1. The summed E-state index contributed by atoms with van der Waals surface area (Å²) in [7, 11) is 0. The molecule has 0 saturated heterocycles. The average Bonchev–Trinajstić information content (AvgIpc) is 2.69. The Hall–Kier alpha value is -2.95. The molecule has 3 rings (SSSR count). The molecule has 0 radical (unpaired) electrons. The van der Waals surface area contributed by atoms with Gasteiger partial charge in [0.15, 0.2) is 11.5 Å². The van der Waals surface area contributed by atoms with E-state index in [2.05, 4.69) is 53.4 Å². The Balaban J connectivity index is 1.77. The second-order valence-electron chi connectivity index (χ2n) is 6.56. The van der Waals surface area contributed by atoms with Crippen molar-refractivity contribution in [2.75, 3.05) is 18.5 Å². The van der Waals surface area contributed by atoms with E-state index >= 15 is 0 Å². The van der Waals surface area contributed by atoms with Crippen LogP contribution in [0.2, 0.25) is 0 Å². The number of unbranched alkanes of at least 4 members (excludes halogenated alkanes) is 1. The molecule has 1 aromatic heterocycles. The van der Waals surface area contributed by atoms with Crippen LogP contribution in [0, 0.1) is 6.92 Å².